The van der Waals surface area contributed by atoms with Gasteiger partial charge in [-0.15, -0.1) is 0 Å². The number of nitrogens with one attached hydrogen (secondary N) is 1. The van der Waals surface area contributed by atoms with E-state index in [9.17, 15) is 0 Å². The molecule has 0 aliphatic rings. The minimum absolute atomic E-state index is 0.759. The summed E-state index contributed by atoms with van der Waals surface area (Å²) in [7, 11) is 1.71. The van der Waals surface area contributed by atoms with Crippen LogP contribution in [-0.4, -0.2) is 31.8 Å². The van der Waals surface area contributed by atoms with Crippen molar-refractivity contribution in [3.63, 3.8) is 0 Å². The molecule has 0 atom stereocenters. The molecule has 0 bridgehead atoms. The molecule has 0 aromatic carbocycles. The van der Waals surface area contributed by atoms with E-state index in [4.69, 9.17) is 10.5 Å². The van der Waals surface area contributed by atoms with Gasteiger partial charge in [0.15, 0.2) is 0 Å². The van der Waals surface area contributed by atoms with Crippen molar-refractivity contribution in [2.24, 2.45) is 0 Å². The first-order valence-corrected chi connectivity index (χ1v) is 6.27. The highest BCUT2D eigenvalue weighted by atomic mass is 16.5. The van der Waals surface area contributed by atoms with E-state index in [1.54, 1.807) is 13.3 Å². The summed E-state index contributed by atoms with van der Waals surface area (Å²) in [4.78, 5) is 4.10. The van der Waals surface area contributed by atoms with Gasteiger partial charge >= 0.3 is 0 Å². The van der Waals surface area contributed by atoms with Gasteiger partial charge in [-0.3, -0.25) is 4.98 Å². The molecule has 0 spiro atoms. The molecule has 0 amide bonds. The topological polar surface area (TPSA) is 60.2 Å². The molecule has 0 saturated heterocycles. The van der Waals surface area contributed by atoms with E-state index in [1.165, 1.54) is 5.57 Å². The SMILES string of the molecule is COCCNCCC=C(C)Cc1cnccc1N. The van der Waals surface area contributed by atoms with Crippen molar-refractivity contribution in [3.05, 3.63) is 35.7 Å². The normalized spacial score (nSPS) is 11.8. The summed E-state index contributed by atoms with van der Waals surface area (Å²) >= 11 is 0. The highest BCUT2D eigenvalue weighted by Crippen LogP contribution is 2.13. The van der Waals surface area contributed by atoms with E-state index < -0.39 is 0 Å². The van der Waals surface area contributed by atoms with Crippen molar-refractivity contribution in [1.29, 1.82) is 0 Å². The van der Waals surface area contributed by atoms with E-state index in [2.05, 4.69) is 23.3 Å². The predicted octanol–water partition coefficient (Wildman–Crippen LogP) is 1.78. The molecule has 0 fully saturated rings. The van der Waals surface area contributed by atoms with Crippen LogP contribution >= 0.6 is 0 Å². The lowest BCUT2D eigenvalue weighted by Crippen LogP contribution is -2.19. The van der Waals surface area contributed by atoms with Crippen LogP contribution in [0.25, 0.3) is 0 Å². The number of rotatable bonds is 8. The number of nitrogens with two attached hydrogens (primary N) is 1. The Morgan fingerprint density at radius 3 is 3.06 bits per heavy atom. The first-order valence-electron chi connectivity index (χ1n) is 6.27. The number of ether oxygens (including phenoxy) is 1. The number of hydrogen-bond donors (Lipinski definition) is 2. The van der Waals surface area contributed by atoms with Crippen molar-refractivity contribution in [2.75, 3.05) is 32.5 Å². The monoisotopic (exact) mass is 249 g/mol. The molecule has 0 radical (unpaired) electrons. The molecule has 1 aromatic rings. The zero-order valence-corrected chi connectivity index (χ0v) is 11.3. The number of allylic oxidation sites excluding steroid dienone is 1. The van der Waals surface area contributed by atoms with E-state index in [-0.39, 0.29) is 0 Å². The van der Waals surface area contributed by atoms with E-state index in [0.717, 1.165) is 43.8 Å². The van der Waals surface area contributed by atoms with Crippen molar-refractivity contribution in [1.82, 2.24) is 10.3 Å². The lowest BCUT2D eigenvalue weighted by Gasteiger charge is -2.05. The molecule has 4 nitrogen and oxygen atoms in total. The summed E-state index contributed by atoms with van der Waals surface area (Å²) in [6.45, 7) is 4.76. The molecule has 4 heteroatoms. The Morgan fingerprint density at radius 1 is 1.50 bits per heavy atom. The lowest BCUT2D eigenvalue weighted by molar-refractivity contribution is 0.199. The molecular formula is C14H23N3O. The van der Waals surface area contributed by atoms with Gasteiger partial charge < -0.3 is 15.8 Å². The number of hydrogen-bond acceptors (Lipinski definition) is 4. The van der Waals surface area contributed by atoms with E-state index in [1.807, 2.05) is 12.3 Å². The Balaban J connectivity index is 2.28. The van der Waals surface area contributed by atoms with Gasteiger partial charge in [-0.2, -0.15) is 0 Å². The van der Waals surface area contributed by atoms with Crippen molar-refractivity contribution in [2.45, 2.75) is 19.8 Å². The number of aromatic nitrogens is 1. The van der Waals surface area contributed by atoms with Gasteiger partial charge in [-0.05, 0) is 37.9 Å². The molecule has 0 saturated carbocycles. The number of nitrogens with zero attached hydrogens (tertiary/aromatic N) is 1. The first-order chi connectivity index (χ1) is 8.74. The van der Waals surface area contributed by atoms with Gasteiger partial charge in [0.2, 0.25) is 0 Å². The van der Waals surface area contributed by atoms with Crippen LogP contribution in [0.1, 0.15) is 18.9 Å². The van der Waals surface area contributed by atoms with Crippen molar-refractivity contribution in [3.8, 4) is 0 Å². The standard InChI is InChI=1S/C14H23N3O/c1-12(4-3-6-16-8-9-18-2)10-13-11-17-7-5-14(13)15/h4-5,7,11,16H,3,6,8-10H2,1-2H3,(H2,15,17). The summed E-state index contributed by atoms with van der Waals surface area (Å²) in [5.74, 6) is 0. The van der Waals surface area contributed by atoms with Gasteiger partial charge in [0.1, 0.15) is 0 Å². The van der Waals surface area contributed by atoms with Gasteiger partial charge in [0.05, 0.1) is 6.61 Å². The van der Waals surface area contributed by atoms with Crippen LogP contribution in [0.2, 0.25) is 0 Å². The van der Waals surface area contributed by atoms with Crippen LogP contribution < -0.4 is 11.1 Å². The second-order valence-electron chi connectivity index (χ2n) is 4.33. The fourth-order valence-corrected chi connectivity index (χ4v) is 1.68. The highest BCUT2D eigenvalue weighted by molar-refractivity contribution is 5.45. The number of anilines is 1. The van der Waals surface area contributed by atoms with Crippen LogP contribution in [0.4, 0.5) is 5.69 Å². The molecule has 0 aliphatic carbocycles. The minimum Gasteiger partial charge on any atom is -0.398 e. The maximum absolute atomic E-state index is 5.89. The second kappa shape index (κ2) is 8.66. The first kappa shape index (κ1) is 14.7. The third-order valence-corrected chi connectivity index (χ3v) is 2.71. The van der Waals surface area contributed by atoms with E-state index >= 15 is 0 Å². The summed E-state index contributed by atoms with van der Waals surface area (Å²) in [5.41, 5.74) is 9.12. The lowest BCUT2D eigenvalue weighted by atomic mass is 10.1. The Morgan fingerprint density at radius 2 is 2.33 bits per heavy atom. The predicted molar refractivity (Wildman–Crippen MR) is 75.5 cm³/mol. The average molecular weight is 249 g/mol. The van der Waals surface area contributed by atoms with Gasteiger partial charge in [-0.25, -0.2) is 0 Å². The Labute approximate surface area is 109 Å². The summed E-state index contributed by atoms with van der Waals surface area (Å²) in [6, 6.07) is 1.84. The van der Waals surface area contributed by atoms with Crippen LogP contribution in [0.5, 0.6) is 0 Å². The number of methoxy groups -OCH3 is 1. The van der Waals surface area contributed by atoms with E-state index in [0.29, 0.717) is 0 Å². The highest BCUT2D eigenvalue weighted by Gasteiger charge is 1.99. The summed E-state index contributed by atoms with van der Waals surface area (Å²) in [5, 5.41) is 3.31. The van der Waals surface area contributed by atoms with Crippen molar-refractivity contribution < 1.29 is 4.74 Å². The molecule has 100 valence electrons. The Bertz CT molecular complexity index is 377. The van der Waals surface area contributed by atoms with Crippen LogP contribution in [0.3, 0.4) is 0 Å². The fraction of sp³-hybridized carbons (Fsp3) is 0.500. The minimum atomic E-state index is 0.759. The number of pyridine rings is 1. The molecule has 3 N–H and O–H groups in total. The number of nitrogen functional groups attached to an aromatic ring is 1. The second-order valence-corrected chi connectivity index (χ2v) is 4.33. The van der Waals surface area contributed by atoms with Crippen LogP contribution in [0, 0.1) is 0 Å². The Hall–Kier alpha value is -1.39. The fourth-order valence-electron chi connectivity index (χ4n) is 1.68. The molecule has 1 rings (SSSR count). The van der Waals surface area contributed by atoms with Gasteiger partial charge in [0, 0.05) is 31.7 Å². The third-order valence-electron chi connectivity index (χ3n) is 2.71. The molecular weight excluding hydrogens is 226 g/mol. The molecule has 1 heterocycles. The maximum atomic E-state index is 5.89. The van der Waals surface area contributed by atoms with Gasteiger partial charge in [-0.1, -0.05) is 11.6 Å². The maximum Gasteiger partial charge on any atom is 0.0587 e. The quantitative estimate of drug-likeness (QED) is 0.544. The third kappa shape index (κ3) is 5.80. The molecule has 0 unspecified atom stereocenters. The largest absolute Gasteiger partial charge is 0.398 e. The smallest absolute Gasteiger partial charge is 0.0587 e. The summed E-state index contributed by atoms with van der Waals surface area (Å²) in [6.07, 6.45) is 7.70. The van der Waals surface area contributed by atoms with Crippen LogP contribution in [0.15, 0.2) is 30.1 Å². The average Bonchev–Trinajstić information content (AvgIpc) is 2.36. The molecule has 1 aromatic heterocycles. The molecule has 0 aliphatic heterocycles. The van der Waals surface area contributed by atoms with Crippen LogP contribution in [-0.2, 0) is 11.2 Å². The van der Waals surface area contributed by atoms with Crippen molar-refractivity contribution >= 4 is 5.69 Å². The zero-order chi connectivity index (χ0) is 13.2. The zero-order valence-electron chi connectivity index (χ0n) is 11.3. The summed E-state index contributed by atoms with van der Waals surface area (Å²) < 4.78 is 4.96. The molecule has 18 heavy (non-hydrogen) atoms. The van der Waals surface area contributed by atoms with Gasteiger partial charge in [0.25, 0.3) is 0 Å². The Kier molecular flexibility index (Phi) is 7.06.